The van der Waals surface area contributed by atoms with Gasteiger partial charge in [-0.25, -0.2) is 0 Å². The molecule has 0 unspecified atom stereocenters. The van der Waals surface area contributed by atoms with Gasteiger partial charge in [0.1, 0.15) is 0 Å². The van der Waals surface area contributed by atoms with Crippen molar-refractivity contribution in [1.82, 2.24) is 9.80 Å². The summed E-state index contributed by atoms with van der Waals surface area (Å²) < 4.78 is 0. The van der Waals surface area contributed by atoms with E-state index in [1.165, 1.54) is 5.56 Å². The van der Waals surface area contributed by atoms with Crippen LogP contribution in [0.4, 0.5) is 5.69 Å². The second kappa shape index (κ2) is 8.17. The third-order valence-corrected chi connectivity index (χ3v) is 4.90. The summed E-state index contributed by atoms with van der Waals surface area (Å²) in [6, 6.07) is 15.6. The van der Waals surface area contributed by atoms with Crippen LogP contribution in [0.1, 0.15) is 5.56 Å². The van der Waals surface area contributed by atoms with Crippen molar-refractivity contribution in [3.63, 3.8) is 0 Å². The molecular weight excluding hydrogens is 361 g/mol. The molecule has 0 saturated carbocycles. The number of nitrogens with one attached hydrogen (secondary N) is 1. The number of hydrogen-bond acceptors (Lipinski definition) is 2. The van der Waals surface area contributed by atoms with Crippen LogP contribution in [0.5, 0.6) is 0 Å². The predicted octanol–water partition coefficient (Wildman–Crippen LogP) is 4.51. The van der Waals surface area contributed by atoms with Gasteiger partial charge < -0.3 is 10.2 Å². The van der Waals surface area contributed by atoms with E-state index in [0.29, 0.717) is 0 Å². The van der Waals surface area contributed by atoms with Gasteiger partial charge in [-0.05, 0) is 54.2 Å². The maximum Gasteiger partial charge on any atom is 0.173 e. The number of halogens is 2. The second-order valence-corrected chi connectivity index (χ2v) is 7.09. The molecule has 6 heteroatoms. The molecule has 1 heterocycles. The van der Waals surface area contributed by atoms with Gasteiger partial charge in [-0.1, -0.05) is 35.3 Å². The average Bonchev–Trinajstić information content (AvgIpc) is 2.57. The number of hydrogen-bond donors (Lipinski definition) is 1. The van der Waals surface area contributed by atoms with Crippen molar-refractivity contribution in [2.24, 2.45) is 0 Å². The van der Waals surface area contributed by atoms with Gasteiger partial charge in [0.2, 0.25) is 0 Å². The summed E-state index contributed by atoms with van der Waals surface area (Å²) >= 11 is 17.5. The Morgan fingerprint density at radius 3 is 2.33 bits per heavy atom. The van der Waals surface area contributed by atoms with Gasteiger partial charge in [0.25, 0.3) is 0 Å². The molecule has 3 rings (SSSR count). The molecule has 2 aromatic carbocycles. The minimum Gasteiger partial charge on any atom is -0.346 e. The number of rotatable bonds is 3. The fourth-order valence-electron chi connectivity index (χ4n) is 2.74. The topological polar surface area (TPSA) is 18.5 Å². The van der Waals surface area contributed by atoms with Crippen molar-refractivity contribution in [2.45, 2.75) is 6.54 Å². The van der Waals surface area contributed by atoms with Crippen LogP contribution in [0.2, 0.25) is 10.0 Å². The van der Waals surface area contributed by atoms with Crippen molar-refractivity contribution < 1.29 is 0 Å². The van der Waals surface area contributed by atoms with Gasteiger partial charge in [-0.2, -0.15) is 0 Å². The Kier molecular flexibility index (Phi) is 5.95. The molecule has 0 aliphatic carbocycles. The molecule has 1 fully saturated rings. The lowest BCUT2D eigenvalue weighted by Crippen LogP contribution is -2.49. The number of anilines is 1. The molecule has 0 radical (unpaired) electrons. The molecule has 0 aromatic heterocycles. The summed E-state index contributed by atoms with van der Waals surface area (Å²) in [6.45, 7) is 4.72. The third-order valence-electron chi connectivity index (χ3n) is 4.05. The molecule has 1 saturated heterocycles. The highest BCUT2D eigenvalue weighted by atomic mass is 35.5. The van der Waals surface area contributed by atoms with Gasteiger partial charge in [0, 0.05) is 48.5 Å². The third kappa shape index (κ3) is 4.84. The lowest BCUT2D eigenvalue weighted by Gasteiger charge is -2.36. The molecule has 2 aromatic rings. The summed E-state index contributed by atoms with van der Waals surface area (Å²) in [5.74, 6) is 0. The number of thiocarbonyl (C=S) groups is 1. The Bertz CT molecular complexity index is 698. The van der Waals surface area contributed by atoms with Crippen LogP contribution in [0.25, 0.3) is 0 Å². The quantitative estimate of drug-likeness (QED) is 0.790. The summed E-state index contributed by atoms with van der Waals surface area (Å²) in [6.07, 6.45) is 0. The molecule has 3 nitrogen and oxygen atoms in total. The highest BCUT2D eigenvalue weighted by Crippen LogP contribution is 2.16. The first-order valence-corrected chi connectivity index (χ1v) is 9.05. The lowest BCUT2D eigenvalue weighted by atomic mass is 10.2. The van der Waals surface area contributed by atoms with Crippen LogP contribution in [0.3, 0.4) is 0 Å². The zero-order valence-electron chi connectivity index (χ0n) is 13.2. The Labute approximate surface area is 158 Å². The van der Waals surface area contributed by atoms with E-state index in [9.17, 15) is 0 Å². The second-order valence-electron chi connectivity index (χ2n) is 5.83. The van der Waals surface area contributed by atoms with Gasteiger partial charge in [0.05, 0.1) is 0 Å². The van der Waals surface area contributed by atoms with Crippen molar-refractivity contribution in [1.29, 1.82) is 0 Å². The normalized spacial score (nSPS) is 15.3. The van der Waals surface area contributed by atoms with Crippen molar-refractivity contribution in [3.05, 3.63) is 64.1 Å². The predicted molar refractivity (Wildman–Crippen MR) is 106 cm³/mol. The van der Waals surface area contributed by atoms with E-state index in [2.05, 4.69) is 21.2 Å². The highest BCUT2D eigenvalue weighted by Gasteiger charge is 2.19. The Balaban J connectivity index is 1.49. The van der Waals surface area contributed by atoms with E-state index in [-0.39, 0.29) is 0 Å². The number of benzene rings is 2. The zero-order chi connectivity index (χ0) is 16.9. The highest BCUT2D eigenvalue weighted by molar-refractivity contribution is 7.80. The maximum absolute atomic E-state index is 6.05. The molecule has 0 amide bonds. The fourth-order valence-corrected chi connectivity index (χ4v) is 3.38. The van der Waals surface area contributed by atoms with Gasteiger partial charge >= 0.3 is 0 Å². The smallest absolute Gasteiger partial charge is 0.173 e. The molecule has 1 aliphatic heterocycles. The molecule has 126 valence electrons. The first kappa shape index (κ1) is 17.5. The van der Waals surface area contributed by atoms with Gasteiger partial charge in [-0.3, -0.25) is 4.90 Å². The molecule has 1 N–H and O–H groups in total. The first-order chi connectivity index (χ1) is 11.6. The van der Waals surface area contributed by atoms with Crippen molar-refractivity contribution in [3.8, 4) is 0 Å². The van der Waals surface area contributed by atoms with E-state index in [1.807, 2.05) is 42.5 Å². The van der Waals surface area contributed by atoms with E-state index in [4.69, 9.17) is 35.4 Å². The SMILES string of the molecule is S=C(Nc1ccc(Cl)cc1)N1CCN(Cc2cccc(Cl)c2)CC1. The van der Waals surface area contributed by atoms with Crippen LogP contribution in [0, 0.1) is 0 Å². The zero-order valence-corrected chi connectivity index (χ0v) is 15.5. The van der Waals surface area contributed by atoms with Crippen LogP contribution in [-0.4, -0.2) is 41.1 Å². The molecule has 0 spiro atoms. The first-order valence-electron chi connectivity index (χ1n) is 7.88. The summed E-state index contributed by atoms with van der Waals surface area (Å²) in [5.41, 5.74) is 2.21. The monoisotopic (exact) mass is 379 g/mol. The van der Waals surface area contributed by atoms with Crippen LogP contribution in [0.15, 0.2) is 48.5 Å². The van der Waals surface area contributed by atoms with Gasteiger partial charge in [0.15, 0.2) is 5.11 Å². The average molecular weight is 380 g/mol. The van der Waals surface area contributed by atoms with E-state index in [1.54, 1.807) is 0 Å². The molecule has 0 atom stereocenters. The summed E-state index contributed by atoms with van der Waals surface area (Å²) in [5, 5.41) is 5.55. The van der Waals surface area contributed by atoms with Crippen LogP contribution >= 0.6 is 35.4 Å². The van der Waals surface area contributed by atoms with E-state index >= 15 is 0 Å². The number of nitrogens with zero attached hydrogens (tertiary/aromatic N) is 2. The minimum absolute atomic E-state index is 0.723. The van der Waals surface area contributed by atoms with Crippen molar-refractivity contribution in [2.75, 3.05) is 31.5 Å². The fraction of sp³-hybridized carbons (Fsp3) is 0.278. The van der Waals surface area contributed by atoms with E-state index < -0.39 is 0 Å². The maximum atomic E-state index is 6.05. The largest absolute Gasteiger partial charge is 0.346 e. The molecule has 0 bridgehead atoms. The number of piperazine rings is 1. The van der Waals surface area contributed by atoms with Crippen LogP contribution in [-0.2, 0) is 6.54 Å². The Morgan fingerprint density at radius 1 is 0.958 bits per heavy atom. The summed E-state index contributed by atoms with van der Waals surface area (Å²) in [7, 11) is 0. The van der Waals surface area contributed by atoms with Crippen LogP contribution < -0.4 is 5.32 Å². The molecule has 24 heavy (non-hydrogen) atoms. The van der Waals surface area contributed by atoms with E-state index in [0.717, 1.165) is 53.6 Å². The summed E-state index contributed by atoms with van der Waals surface area (Å²) in [4.78, 5) is 4.63. The minimum atomic E-state index is 0.723. The van der Waals surface area contributed by atoms with Crippen molar-refractivity contribution >= 4 is 46.2 Å². The van der Waals surface area contributed by atoms with Gasteiger partial charge in [-0.15, -0.1) is 0 Å². The lowest BCUT2D eigenvalue weighted by molar-refractivity contribution is 0.177. The Hall–Kier alpha value is -1.33. The molecule has 1 aliphatic rings. The standard InChI is InChI=1S/C18H19Cl2N3S/c19-15-4-6-17(7-5-15)21-18(24)23-10-8-22(9-11-23)13-14-2-1-3-16(20)12-14/h1-7,12H,8-11,13H2,(H,21,24). The Morgan fingerprint density at radius 2 is 1.67 bits per heavy atom. The molecular formula is C18H19Cl2N3S.